The number of nitrogens with two attached hydrogens (primary N) is 1. The summed E-state index contributed by atoms with van der Waals surface area (Å²) in [6, 6.07) is 1.52. The summed E-state index contributed by atoms with van der Waals surface area (Å²) in [6.07, 6.45) is -4.12. The van der Waals surface area contributed by atoms with E-state index in [0.29, 0.717) is 19.0 Å². The highest BCUT2D eigenvalue weighted by molar-refractivity contribution is 5.04. The molecule has 7 heteroatoms. The maximum atomic E-state index is 12.2. The fourth-order valence-corrected chi connectivity index (χ4v) is 1.00. The van der Waals surface area contributed by atoms with Gasteiger partial charge >= 0.3 is 6.18 Å². The van der Waals surface area contributed by atoms with E-state index in [4.69, 9.17) is 5.73 Å². The van der Waals surface area contributed by atoms with Crippen LogP contribution in [0.4, 0.5) is 13.2 Å². The van der Waals surface area contributed by atoms with Crippen LogP contribution < -0.4 is 11.3 Å². The normalized spacial score (nSPS) is 11.7. The smallest absolute Gasteiger partial charge is 0.330 e. The molecule has 0 bridgehead atoms. The maximum Gasteiger partial charge on any atom is 0.435 e. The van der Waals surface area contributed by atoms with Crippen molar-refractivity contribution in [3.05, 3.63) is 28.2 Å². The van der Waals surface area contributed by atoms with Crippen molar-refractivity contribution in [2.45, 2.75) is 19.1 Å². The summed E-state index contributed by atoms with van der Waals surface area (Å²) in [5.74, 6) is 0. The summed E-state index contributed by atoms with van der Waals surface area (Å²) in [6.45, 7) is 0.392. The highest BCUT2D eigenvalue weighted by atomic mass is 19.4. The largest absolute Gasteiger partial charge is 0.435 e. The lowest BCUT2D eigenvalue weighted by Gasteiger charge is -2.08. The number of hydrogen-bond donors (Lipinski definition) is 1. The number of halogens is 3. The lowest BCUT2D eigenvalue weighted by atomic mass is 10.3. The van der Waals surface area contributed by atoms with Crippen molar-refractivity contribution in [1.29, 1.82) is 0 Å². The molecular weight excluding hydrogens is 211 g/mol. The summed E-state index contributed by atoms with van der Waals surface area (Å²) in [5.41, 5.74) is 3.56. The summed E-state index contributed by atoms with van der Waals surface area (Å²) in [5, 5.41) is 3.20. The zero-order valence-corrected chi connectivity index (χ0v) is 7.79. The van der Waals surface area contributed by atoms with Crippen LogP contribution in [0.5, 0.6) is 0 Å². The Morgan fingerprint density at radius 3 is 2.60 bits per heavy atom. The molecule has 1 aromatic heterocycles. The van der Waals surface area contributed by atoms with Gasteiger partial charge in [0.25, 0.3) is 5.56 Å². The number of aromatic nitrogens is 2. The third-order valence-corrected chi connectivity index (χ3v) is 1.73. The van der Waals surface area contributed by atoms with E-state index in [1.165, 1.54) is 0 Å². The molecule has 0 spiro atoms. The van der Waals surface area contributed by atoms with Crippen molar-refractivity contribution in [2.75, 3.05) is 6.54 Å². The molecule has 0 atom stereocenters. The van der Waals surface area contributed by atoms with Crippen LogP contribution in [0.15, 0.2) is 16.9 Å². The molecule has 15 heavy (non-hydrogen) atoms. The molecule has 0 amide bonds. The number of nitrogens with zero attached hydrogens (tertiary/aromatic N) is 2. The minimum Gasteiger partial charge on any atom is -0.330 e. The predicted octanol–water partition coefficient (Wildman–Crippen LogP) is 0.611. The van der Waals surface area contributed by atoms with Gasteiger partial charge in [-0.05, 0) is 19.0 Å². The molecule has 0 aliphatic rings. The summed E-state index contributed by atoms with van der Waals surface area (Å²) < 4.78 is 37.4. The number of hydrogen-bond acceptors (Lipinski definition) is 3. The Balaban J connectivity index is 3.01. The Bertz CT molecular complexity index is 385. The molecule has 2 N–H and O–H groups in total. The van der Waals surface area contributed by atoms with Crippen LogP contribution in [0.3, 0.4) is 0 Å². The predicted molar refractivity (Wildman–Crippen MR) is 47.2 cm³/mol. The maximum absolute atomic E-state index is 12.2. The quantitative estimate of drug-likeness (QED) is 0.813. The van der Waals surface area contributed by atoms with Gasteiger partial charge in [0.05, 0.1) is 0 Å². The molecule has 0 saturated carbocycles. The first kappa shape index (κ1) is 11.7. The summed E-state index contributed by atoms with van der Waals surface area (Å²) in [7, 11) is 0. The fraction of sp³-hybridized carbons (Fsp3) is 0.500. The molecule has 0 fully saturated rings. The van der Waals surface area contributed by atoms with Gasteiger partial charge in [0.1, 0.15) is 0 Å². The van der Waals surface area contributed by atoms with Crippen LogP contribution in [0.2, 0.25) is 0 Å². The van der Waals surface area contributed by atoms with Gasteiger partial charge in [-0.15, -0.1) is 0 Å². The van der Waals surface area contributed by atoms with E-state index >= 15 is 0 Å². The molecular formula is C8H10F3N3O. The van der Waals surface area contributed by atoms with Crippen LogP contribution in [-0.4, -0.2) is 16.3 Å². The number of aryl methyl sites for hydroxylation is 1. The number of alkyl halides is 3. The van der Waals surface area contributed by atoms with Gasteiger partial charge in [-0.1, -0.05) is 0 Å². The molecule has 0 saturated heterocycles. The molecule has 0 aromatic carbocycles. The van der Waals surface area contributed by atoms with E-state index in [0.717, 1.165) is 10.7 Å². The highest BCUT2D eigenvalue weighted by Crippen LogP contribution is 2.26. The lowest BCUT2D eigenvalue weighted by molar-refractivity contribution is -0.142. The van der Waals surface area contributed by atoms with Crippen LogP contribution in [-0.2, 0) is 12.7 Å². The number of rotatable bonds is 3. The zero-order valence-electron chi connectivity index (χ0n) is 7.79. The van der Waals surface area contributed by atoms with Gasteiger partial charge in [-0.2, -0.15) is 18.3 Å². The second-order valence-corrected chi connectivity index (χ2v) is 2.92. The van der Waals surface area contributed by atoms with Gasteiger partial charge in [0.2, 0.25) is 0 Å². The van der Waals surface area contributed by atoms with E-state index < -0.39 is 17.4 Å². The molecule has 84 valence electrons. The van der Waals surface area contributed by atoms with Crippen LogP contribution in [0.1, 0.15) is 12.1 Å². The topological polar surface area (TPSA) is 60.9 Å². The van der Waals surface area contributed by atoms with Gasteiger partial charge in [-0.3, -0.25) is 4.79 Å². The van der Waals surface area contributed by atoms with Crippen molar-refractivity contribution in [1.82, 2.24) is 9.78 Å². The first-order valence-corrected chi connectivity index (χ1v) is 4.30. The second-order valence-electron chi connectivity index (χ2n) is 2.92. The minimum atomic E-state index is -4.53. The monoisotopic (exact) mass is 221 g/mol. The van der Waals surface area contributed by atoms with E-state index in [-0.39, 0.29) is 6.54 Å². The van der Waals surface area contributed by atoms with Crippen molar-refractivity contribution < 1.29 is 13.2 Å². The Morgan fingerprint density at radius 2 is 2.07 bits per heavy atom. The van der Waals surface area contributed by atoms with Crippen molar-refractivity contribution >= 4 is 0 Å². The van der Waals surface area contributed by atoms with Crippen LogP contribution in [0, 0.1) is 0 Å². The van der Waals surface area contributed by atoms with E-state index in [9.17, 15) is 18.0 Å². The van der Waals surface area contributed by atoms with E-state index in [1.54, 1.807) is 0 Å². The molecule has 1 aromatic rings. The Labute approximate surface area is 83.5 Å². The van der Waals surface area contributed by atoms with Crippen LogP contribution >= 0.6 is 0 Å². The molecule has 0 aliphatic heterocycles. The average molecular weight is 221 g/mol. The van der Waals surface area contributed by atoms with Gasteiger partial charge < -0.3 is 5.73 Å². The molecule has 1 heterocycles. The van der Waals surface area contributed by atoms with Crippen molar-refractivity contribution in [3.8, 4) is 0 Å². The third kappa shape index (κ3) is 3.05. The lowest BCUT2D eigenvalue weighted by Crippen LogP contribution is -2.26. The second kappa shape index (κ2) is 4.43. The molecule has 0 aliphatic carbocycles. The van der Waals surface area contributed by atoms with Crippen molar-refractivity contribution in [2.24, 2.45) is 5.73 Å². The standard InChI is InChI=1S/C8H10F3N3O/c9-8(10,11)6-2-3-7(15)14(13-6)5-1-4-12/h2-3H,1,4-5,12H2. The Hall–Kier alpha value is -1.37. The molecule has 4 nitrogen and oxygen atoms in total. The van der Waals surface area contributed by atoms with Crippen molar-refractivity contribution in [3.63, 3.8) is 0 Å². The van der Waals surface area contributed by atoms with Crippen LogP contribution in [0.25, 0.3) is 0 Å². The minimum absolute atomic E-state index is 0.0965. The summed E-state index contributed by atoms with van der Waals surface area (Å²) >= 11 is 0. The first-order chi connectivity index (χ1) is 6.95. The van der Waals surface area contributed by atoms with Gasteiger partial charge in [-0.25, -0.2) is 4.68 Å². The summed E-state index contributed by atoms with van der Waals surface area (Å²) in [4.78, 5) is 11.1. The van der Waals surface area contributed by atoms with Gasteiger partial charge in [0.15, 0.2) is 5.69 Å². The molecule has 1 rings (SSSR count). The Morgan fingerprint density at radius 1 is 1.40 bits per heavy atom. The zero-order chi connectivity index (χ0) is 11.5. The fourth-order valence-electron chi connectivity index (χ4n) is 1.00. The van der Waals surface area contributed by atoms with Gasteiger partial charge in [0, 0.05) is 12.6 Å². The van der Waals surface area contributed by atoms with E-state index in [1.807, 2.05) is 0 Å². The first-order valence-electron chi connectivity index (χ1n) is 4.30. The molecule has 0 radical (unpaired) electrons. The van der Waals surface area contributed by atoms with E-state index in [2.05, 4.69) is 5.10 Å². The highest BCUT2D eigenvalue weighted by Gasteiger charge is 2.33. The Kier molecular flexibility index (Phi) is 3.46. The SMILES string of the molecule is NCCCn1nc(C(F)(F)F)ccc1=O. The third-order valence-electron chi connectivity index (χ3n) is 1.73. The average Bonchev–Trinajstić information content (AvgIpc) is 2.15. The molecule has 0 unspecified atom stereocenters.